The van der Waals surface area contributed by atoms with Gasteiger partial charge < -0.3 is 15.8 Å². The van der Waals surface area contributed by atoms with Crippen molar-refractivity contribution in [1.82, 2.24) is 5.32 Å². The minimum absolute atomic E-state index is 0.0512. The molecule has 0 radical (unpaired) electrons. The van der Waals surface area contributed by atoms with Gasteiger partial charge >= 0.3 is 0 Å². The zero-order valence-electron chi connectivity index (χ0n) is 16.1. The van der Waals surface area contributed by atoms with Crippen LogP contribution in [0, 0.1) is 11.3 Å². The van der Waals surface area contributed by atoms with Crippen molar-refractivity contribution < 1.29 is 9.53 Å². The van der Waals surface area contributed by atoms with Crippen molar-refractivity contribution in [3.63, 3.8) is 0 Å². The van der Waals surface area contributed by atoms with Crippen molar-refractivity contribution >= 4 is 5.91 Å². The molecule has 0 spiro atoms. The van der Waals surface area contributed by atoms with E-state index in [1.165, 1.54) is 5.56 Å². The summed E-state index contributed by atoms with van der Waals surface area (Å²) < 4.78 is 5.90. The summed E-state index contributed by atoms with van der Waals surface area (Å²) in [4.78, 5) is 13.1. The van der Waals surface area contributed by atoms with Crippen molar-refractivity contribution in [2.75, 3.05) is 6.61 Å². The fourth-order valence-corrected chi connectivity index (χ4v) is 4.61. The molecule has 3 rings (SSSR count). The normalized spacial score (nSPS) is 31.8. The molecule has 4 nitrogen and oxygen atoms in total. The largest absolute Gasteiger partial charge is 0.377 e. The number of hydrogen-bond acceptors (Lipinski definition) is 3. The maximum absolute atomic E-state index is 13.1. The molecule has 1 aliphatic carbocycles. The molecule has 1 aliphatic heterocycles. The SMILES string of the molecule is CC(C)c1ccc(C(C)NC(=O)C2(N)C3CCCOC3C2(C)C)cc1. The van der Waals surface area contributed by atoms with E-state index in [1.54, 1.807) is 0 Å². The summed E-state index contributed by atoms with van der Waals surface area (Å²) in [5.74, 6) is 0.571. The summed E-state index contributed by atoms with van der Waals surface area (Å²) in [5, 5.41) is 3.16. The molecular weight excluding hydrogens is 312 g/mol. The van der Waals surface area contributed by atoms with Gasteiger partial charge in [0.05, 0.1) is 12.1 Å². The van der Waals surface area contributed by atoms with Crippen LogP contribution in [-0.2, 0) is 9.53 Å². The predicted octanol–water partition coefficient (Wildman–Crippen LogP) is 3.52. The average molecular weight is 344 g/mol. The highest BCUT2D eigenvalue weighted by molar-refractivity contribution is 5.89. The van der Waals surface area contributed by atoms with Crippen molar-refractivity contribution in [3.8, 4) is 0 Å². The van der Waals surface area contributed by atoms with Crippen LogP contribution in [0.3, 0.4) is 0 Å². The Labute approximate surface area is 151 Å². The molecule has 1 aromatic carbocycles. The quantitative estimate of drug-likeness (QED) is 0.878. The predicted molar refractivity (Wildman–Crippen MR) is 100 cm³/mol. The van der Waals surface area contributed by atoms with Crippen LogP contribution in [0.1, 0.15) is 70.5 Å². The van der Waals surface area contributed by atoms with Gasteiger partial charge in [0.15, 0.2) is 0 Å². The van der Waals surface area contributed by atoms with Gasteiger partial charge in [0, 0.05) is 17.9 Å². The van der Waals surface area contributed by atoms with E-state index in [-0.39, 0.29) is 29.4 Å². The second-order valence-electron chi connectivity index (χ2n) is 8.65. The molecule has 1 saturated heterocycles. The number of hydrogen-bond donors (Lipinski definition) is 2. The maximum atomic E-state index is 13.1. The van der Waals surface area contributed by atoms with Crippen molar-refractivity contribution in [3.05, 3.63) is 35.4 Å². The number of fused-ring (bicyclic) bond motifs is 1. The Morgan fingerprint density at radius 3 is 2.40 bits per heavy atom. The number of carbonyl (C=O) groups excluding carboxylic acids is 1. The van der Waals surface area contributed by atoms with Crippen LogP contribution in [0.4, 0.5) is 0 Å². The van der Waals surface area contributed by atoms with Crippen LogP contribution < -0.4 is 11.1 Å². The first-order valence-electron chi connectivity index (χ1n) is 9.51. The van der Waals surface area contributed by atoms with Gasteiger partial charge in [0.25, 0.3) is 0 Å². The Morgan fingerprint density at radius 2 is 1.80 bits per heavy atom. The van der Waals surface area contributed by atoms with Gasteiger partial charge in [0.1, 0.15) is 5.54 Å². The molecule has 1 heterocycles. The lowest BCUT2D eigenvalue weighted by Crippen LogP contribution is -2.82. The molecule has 2 aliphatic rings. The van der Waals surface area contributed by atoms with Crippen LogP contribution in [0.15, 0.2) is 24.3 Å². The van der Waals surface area contributed by atoms with E-state index in [4.69, 9.17) is 10.5 Å². The highest BCUT2D eigenvalue weighted by Gasteiger charge is 2.70. The van der Waals surface area contributed by atoms with E-state index >= 15 is 0 Å². The van der Waals surface area contributed by atoms with Crippen LogP contribution in [-0.4, -0.2) is 24.2 Å². The number of amides is 1. The summed E-state index contributed by atoms with van der Waals surface area (Å²) in [6.45, 7) is 11.3. The Hall–Kier alpha value is -1.39. The van der Waals surface area contributed by atoms with Gasteiger partial charge in [-0.05, 0) is 36.8 Å². The Kier molecular flexibility index (Phi) is 4.71. The van der Waals surface area contributed by atoms with Gasteiger partial charge in [-0.2, -0.15) is 0 Å². The van der Waals surface area contributed by atoms with Crippen molar-refractivity contribution in [2.24, 2.45) is 17.1 Å². The second-order valence-corrected chi connectivity index (χ2v) is 8.65. The summed E-state index contributed by atoms with van der Waals surface area (Å²) >= 11 is 0. The van der Waals surface area contributed by atoms with E-state index in [2.05, 4.69) is 57.3 Å². The van der Waals surface area contributed by atoms with E-state index in [0.29, 0.717) is 5.92 Å². The Morgan fingerprint density at radius 1 is 1.20 bits per heavy atom. The first-order valence-corrected chi connectivity index (χ1v) is 9.51. The fraction of sp³-hybridized carbons (Fsp3) is 0.667. The van der Waals surface area contributed by atoms with Crippen molar-refractivity contribution in [1.29, 1.82) is 0 Å². The molecule has 25 heavy (non-hydrogen) atoms. The summed E-state index contributed by atoms with van der Waals surface area (Å²) in [6.07, 6.45) is 2.04. The Bertz CT molecular complexity index is 638. The number of benzene rings is 1. The maximum Gasteiger partial charge on any atom is 0.241 e. The molecule has 0 aromatic heterocycles. The van der Waals surface area contributed by atoms with Gasteiger partial charge in [-0.1, -0.05) is 52.0 Å². The summed E-state index contributed by atoms with van der Waals surface area (Å²) in [6, 6.07) is 8.41. The lowest BCUT2D eigenvalue weighted by molar-refractivity contribution is -0.225. The first-order chi connectivity index (χ1) is 11.7. The number of carbonyl (C=O) groups is 1. The van der Waals surface area contributed by atoms with E-state index < -0.39 is 5.54 Å². The first kappa shape index (κ1) is 18.4. The topological polar surface area (TPSA) is 64.4 Å². The third-order valence-corrected chi connectivity index (χ3v) is 6.51. The lowest BCUT2D eigenvalue weighted by Gasteiger charge is -2.65. The van der Waals surface area contributed by atoms with Crippen molar-refractivity contribution in [2.45, 2.75) is 71.1 Å². The summed E-state index contributed by atoms with van der Waals surface area (Å²) in [7, 11) is 0. The third-order valence-electron chi connectivity index (χ3n) is 6.51. The van der Waals surface area contributed by atoms with E-state index in [1.807, 2.05) is 6.92 Å². The van der Waals surface area contributed by atoms with E-state index in [9.17, 15) is 4.79 Å². The molecule has 2 fully saturated rings. The molecule has 4 atom stereocenters. The van der Waals surface area contributed by atoms with Gasteiger partial charge in [-0.25, -0.2) is 0 Å². The lowest BCUT2D eigenvalue weighted by atomic mass is 9.46. The minimum atomic E-state index is -0.857. The number of nitrogens with one attached hydrogen (secondary N) is 1. The molecule has 4 unspecified atom stereocenters. The Balaban J connectivity index is 1.72. The molecule has 1 aromatic rings. The number of ether oxygens (including phenoxy) is 1. The molecule has 3 N–H and O–H groups in total. The minimum Gasteiger partial charge on any atom is -0.377 e. The fourth-order valence-electron chi connectivity index (χ4n) is 4.61. The molecule has 1 saturated carbocycles. The smallest absolute Gasteiger partial charge is 0.241 e. The number of rotatable bonds is 4. The third kappa shape index (κ3) is 2.80. The highest BCUT2D eigenvalue weighted by Crippen LogP contribution is 2.57. The molecule has 1 amide bonds. The number of nitrogens with two attached hydrogens (primary N) is 1. The second kappa shape index (κ2) is 6.40. The van der Waals surface area contributed by atoms with Crippen LogP contribution >= 0.6 is 0 Å². The van der Waals surface area contributed by atoms with E-state index in [0.717, 1.165) is 25.0 Å². The summed E-state index contributed by atoms with van der Waals surface area (Å²) in [5.41, 5.74) is 7.89. The van der Waals surface area contributed by atoms with Crippen LogP contribution in [0.25, 0.3) is 0 Å². The molecule has 138 valence electrons. The average Bonchev–Trinajstić information content (AvgIpc) is 2.60. The van der Waals surface area contributed by atoms with Gasteiger partial charge in [-0.15, -0.1) is 0 Å². The van der Waals surface area contributed by atoms with Crippen LogP contribution in [0.5, 0.6) is 0 Å². The standard InChI is InChI=1S/C21H32N2O2/c1-13(2)15-8-10-16(11-9-15)14(3)23-19(24)21(22)17-7-6-12-25-18(17)20(21,4)5/h8-11,13-14,17-18H,6-7,12,22H2,1-5H3,(H,23,24). The molecule has 4 heteroatoms. The zero-order valence-corrected chi connectivity index (χ0v) is 16.1. The van der Waals surface area contributed by atoms with Crippen LogP contribution in [0.2, 0.25) is 0 Å². The highest BCUT2D eigenvalue weighted by atomic mass is 16.5. The molecular formula is C21H32N2O2. The van der Waals surface area contributed by atoms with Gasteiger partial charge in [0.2, 0.25) is 5.91 Å². The molecule has 0 bridgehead atoms. The zero-order chi connectivity index (χ0) is 18.4. The van der Waals surface area contributed by atoms with Gasteiger partial charge in [-0.3, -0.25) is 4.79 Å². The monoisotopic (exact) mass is 344 g/mol.